The van der Waals surface area contributed by atoms with Crippen LogP contribution in [0.3, 0.4) is 0 Å². The molecule has 3 rings (SSSR count). The Kier molecular flexibility index (Phi) is 3.44. The van der Waals surface area contributed by atoms with E-state index >= 15 is 0 Å². The topological polar surface area (TPSA) is 61.0 Å². The van der Waals surface area contributed by atoms with Crippen LogP contribution in [-0.4, -0.2) is 22.2 Å². The third-order valence-corrected chi connectivity index (χ3v) is 5.06. The Morgan fingerprint density at radius 3 is 2.83 bits per heavy atom. The standard InChI is InChI=1S/C13H18IN3O/c1-2-3-9-11(14)12(15)17-13(16-9)8-6-7-4-5-10(8)18-7/h7-8,10H,2-6H2,1H3,(H2,15,16,17). The second-order valence-corrected chi connectivity index (χ2v) is 6.27. The molecule has 3 heterocycles. The van der Waals surface area contributed by atoms with E-state index in [0.717, 1.165) is 40.8 Å². The molecule has 0 saturated carbocycles. The monoisotopic (exact) mass is 359 g/mol. The molecule has 2 bridgehead atoms. The molecule has 2 fully saturated rings. The van der Waals surface area contributed by atoms with Crippen LogP contribution in [-0.2, 0) is 11.2 Å². The lowest BCUT2D eigenvalue weighted by Gasteiger charge is -2.18. The van der Waals surface area contributed by atoms with E-state index in [1.807, 2.05) is 0 Å². The maximum absolute atomic E-state index is 6.02. The molecule has 1 aromatic rings. The van der Waals surface area contributed by atoms with Crippen molar-refractivity contribution < 1.29 is 4.74 Å². The molecule has 0 radical (unpaired) electrons. The number of hydrogen-bond acceptors (Lipinski definition) is 4. The number of ether oxygens (including phenoxy) is 1. The second-order valence-electron chi connectivity index (χ2n) is 5.19. The summed E-state index contributed by atoms with van der Waals surface area (Å²) < 4.78 is 6.90. The Balaban J connectivity index is 1.92. The van der Waals surface area contributed by atoms with Gasteiger partial charge in [0.2, 0.25) is 0 Å². The average molecular weight is 359 g/mol. The van der Waals surface area contributed by atoms with Gasteiger partial charge < -0.3 is 10.5 Å². The predicted molar refractivity (Wildman–Crippen MR) is 78.4 cm³/mol. The first-order valence-electron chi connectivity index (χ1n) is 6.66. The van der Waals surface area contributed by atoms with Crippen molar-refractivity contribution in [1.29, 1.82) is 0 Å². The van der Waals surface area contributed by atoms with E-state index in [4.69, 9.17) is 15.5 Å². The fraction of sp³-hybridized carbons (Fsp3) is 0.692. The minimum atomic E-state index is 0.323. The van der Waals surface area contributed by atoms with Crippen LogP contribution in [0.25, 0.3) is 0 Å². The van der Waals surface area contributed by atoms with Crippen molar-refractivity contribution >= 4 is 28.4 Å². The maximum Gasteiger partial charge on any atom is 0.140 e. The summed E-state index contributed by atoms with van der Waals surface area (Å²) in [5.74, 6) is 1.90. The lowest BCUT2D eigenvalue weighted by atomic mass is 9.88. The van der Waals surface area contributed by atoms with Crippen molar-refractivity contribution in [3.05, 3.63) is 15.1 Å². The molecule has 5 heteroatoms. The predicted octanol–water partition coefficient (Wildman–Crippen LogP) is 2.65. The van der Waals surface area contributed by atoms with Gasteiger partial charge in [-0.2, -0.15) is 0 Å². The highest BCUT2D eigenvalue weighted by Crippen LogP contribution is 2.43. The molecule has 4 nitrogen and oxygen atoms in total. The van der Waals surface area contributed by atoms with Crippen molar-refractivity contribution in [2.45, 2.75) is 57.2 Å². The van der Waals surface area contributed by atoms with Crippen LogP contribution >= 0.6 is 22.6 Å². The van der Waals surface area contributed by atoms with Crippen LogP contribution < -0.4 is 5.73 Å². The maximum atomic E-state index is 6.02. The van der Waals surface area contributed by atoms with E-state index in [0.29, 0.717) is 23.9 Å². The molecule has 0 spiro atoms. The lowest BCUT2D eigenvalue weighted by molar-refractivity contribution is 0.0998. The molecular weight excluding hydrogens is 341 g/mol. The van der Waals surface area contributed by atoms with Gasteiger partial charge >= 0.3 is 0 Å². The fourth-order valence-corrected chi connectivity index (χ4v) is 3.52. The molecule has 2 aliphatic heterocycles. The minimum absolute atomic E-state index is 0.323. The van der Waals surface area contributed by atoms with Gasteiger partial charge in [-0.15, -0.1) is 0 Å². The SMILES string of the molecule is CCCc1nc(C2CC3CCC2O3)nc(N)c1I. The normalized spacial score (nSPS) is 30.0. The molecule has 0 aromatic carbocycles. The zero-order valence-electron chi connectivity index (χ0n) is 10.5. The van der Waals surface area contributed by atoms with Gasteiger partial charge in [0.1, 0.15) is 11.6 Å². The Hall–Kier alpha value is -0.430. The molecule has 0 amide bonds. The smallest absolute Gasteiger partial charge is 0.140 e. The molecule has 2 N–H and O–H groups in total. The first-order valence-corrected chi connectivity index (χ1v) is 7.74. The lowest BCUT2D eigenvalue weighted by Crippen LogP contribution is -2.19. The number of anilines is 1. The molecule has 2 aliphatic rings. The van der Waals surface area contributed by atoms with Gasteiger partial charge in [-0.25, -0.2) is 9.97 Å². The summed E-state index contributed by atoms with van der Waals surface area (Å²) in [5, 5.41) is 0. The van der Waals surface area contributed by atoms with E-state index in [1.165, 1.54) is 6.42 Å². The molecule has 18 heavy (non-hydrogen) atoms. The molecule has 98 valence electrons. The van der Waals surface area contributed by atoms with E-state index < -0.39 is 0 Å². The second kappa shape index (κ2) is 4.92. The van der Waals surface area contributed by atoms with Crippen molar-refractivity contribution in [3.8, 4) is 0 Å². The number of rotatable bonds is 3. The summed E-state index contributed by atoms with van der Waals surface area (Å²) in [7, 11) is 0. The van der Waals surface area contributed by atoms with Crippen LogP contribution in [0.5, 0.6) is 0 Å². The number of aryl methyl sites for hydroxylation is 1. The number of nitrogens with zero attached hydrogens (tertiary/aromatic N) is 2. The van der Waals surface area contributed by atoms with E-state index in [2.05, 4.69) is 34.5 Å². The van der Waals surface area contributed by atoms with Crippen LogP contribution in [0.1, 0.15) is 50.0 Å². The minimum Gasteiger partial charge on any atom is -0.383 e. The molecule has 3 atom stereocenters. The number of nitrogens with two attached hydrogens (primary N) is 1. The number of aromatic nitrogens is 2. The molecule has 1 aromatic heterocycles. The third kappa shape index (κ3) is 2.11. The van der Waals surface area contributed by atoms with Crippen molar-refractivity contribution in [1.82, 2.24) is 9.97 Å². The van der Waals surface area contributed by atoms with Gasteiger partial charge in [0, 0.05) is 5.92 Å². The summed E-state index contributed by atoms with van der Waals surface area (Å²) in [5.41, 5.74) is 7.12. The highest BCUT2D eigenvalue weighted by Gasteiger charge is 2.43. The summed E-state index contributed by atoms with van der Waals surface area (Å²) in [6.45, 7) is 2.16. The van der Waals surface area contributed by atoms with Crippen LogP contribution in [0.2, 0.25) is 0 Å². The Morgan fingerprint density at radius 2 is 2.22 bits per heavy atom. The first kappa shape index (κ1) is 12.6. The van der Waals surface area contributed by atoms with Crippen LogP contribution in [0.15, 0.2) is 0 Å². The van der Waals surface area contributed by atoms with E-state index in [9.17, 15) is 0 Å². The van der Waals surface area contributed by atoms with Gasteiger partial charge in [0.05, 0.1) is 21.5 Å². The molecule has 0 aliphatic carbocycles. The van der Waals surface area contributed by atoms with Gasteiger partial charge in [-0.1, -0.05) is 13.3 Å². The Bertz CT molecular complexity index is 466. The molecular formula is C13H18IN3O. The van der Waals surface area contributed by atoms with Gasteiger partial charge in [0.15, 0.2) is 0 Å². The molecule has 2 saturated heterocycles. The number of fused-ring (bicyclic) bond motifs is 2. The van der Waals surface area contributed by atoms with Crippen LogP contribution in [0, 0.1) is 3.57 Å². The summed E-state index contributed by atoms with van der Waals surface area (Å²) in [6, 6.07) is 0. The van der Waals surface area contributed by atoms with E-state index in [-0.39, 0.29) is 0 Å². The van der Waals surface area contributed by atoms with Crippen LogP contribution in [0.4, 0.5) is 5.82 Å². The van der Waals surface area contributed by atoms with Crippen molar-refractivity contribution in [2.24, 2.45) is 0 Å². The zero-order chi connectivity index (χ0) is 12.7. The average Bonchev–Trinajstić information content (AvgIpc) is 2.97. The summed E-state index contributed by atoms with van der Waals surface area (Å²) in [4.78, 5) is 9.24. The quantitative estimate of drug-likeness (QED) is 0.843. The number of hydrogen-bond donors (Lipinski definition) is 1. The zero-order valence-corrected chi connectivity index (χ0v) is 12.7. The van der Waals surface area contributed by atoms with Crippen molar-refractivity contribution in [3.63, 3.8) is 0 Å². The fourth-order valence-electron chi connectivity index (χ4n) is 3.01. The number of nitrogen functional groups attached to an aromatic ring is 1. The highest BCUT2D eigenvalue weighted by molar-refractivity contribution is 14.1. The van der Waals surface area contributed by atoms with Gasteiger partial charge in [-0.05, 0) is 48.3 Å². The largest absolute Gasteiger partial charge is 0.383 e. The summed E-state index contributed by atoms with van der Waals surface area (Å²) >= 11 is 2.25. The van der Waals surface area contributed by atoms with E-state index in [1.54, 1.807) is 0 Å². The first-order chi connectivity index (χ1) is 8.69. The van der Waals surface area contributed by atoms with Crippen molar-refractivity contribution in [2.75, 3.05) is 5.73 Å². The summed E-state index contributed by atoms with van der Waals surface area (Å²) in [6.07, 6.45) is 6.22. The third-order valence-electron chi connectivity index (χ3n) is 3.89. The molecule has 3 unspecified atom stereocenters. The highest BCUT2D eigenvalue weighted by atomic mass is 127. The van der Waals surface area contributed by atoms with Gasteiger partial charge in [0.25, 0.3) is 0 Å². The Labute approximate surface area is 121 Å². The number of halogens is 1. The Morgan fingerprint density at radius 1 is 1.39 bits per heavy atom. The van der Waals surface area contributed by atoms with Gasteiger partial charge in [-0.3, -0.25) is 0 Å².